The lowest BCUT2D eigenvalue weighted by molar-refractivity contribution is 0.425. The summed E-state index contributed by atoms with van der Waals surface area (Å²) in [6.07, 6.45) is 0. The van der Waals surface area contributed by atoms with Crippen LogP contribution in [0.1, 0.15) is 0 Å². The van der Waals surface area contributed by atoms with E-state index in [0.717, 1.165) is 29.7 Å². The molecule has 4 heteroatoms. The number of fused-ring (bicyclic) bond motifs is 1. The number of nitrogens with zero attached hydrogens (tertiary/aromatic N) is 2. The molecule has 0 aliphatic carbocycles. The minimum atomic E-state index is 0.0149. The molecule has 1 aromatic heterocycles. The molecule has 0 amide bonds. The number of anilines is 1. The van der Waals surface area contributed by atoms with Crippen LogP contribution >= 0.6 is 0 Å². The minimum Gasteiger partial charge on any atom is -0.383 e. The molecule has 1 aromatic carbocycles. The van der Waals surface area contributed by atoms with Gasteiger partial charge in [-0.1, -0.05) is 18.2 Å². The van der Waals surface area contributed by atoms with E-state index in [1.165, 1.54) is 0 Å². The number of pyridine rings is 1. The first-order valence-corrected chi connectivity index (χ1v) is 6.07. The lowest BCUT2D eigenvalue weighted by Gasteiger charge is -2.14. The van der Waals surface area contributed by atoms with Crippen molar-refractivity contribution in [2.24, 2.45) is 7.05 Å². The van der Waals surface area contributed by atoms with Gasteiger partial charge in [0.05, 0.1) is 5.52 Å². The summed E-state index contributed by atoms with van der Waals surface area (Å²) in [5.74, 6) is 0. The Morgan fingerprint density at radius 2 is 2.00 bits per heavy atom. The molecule has 96 valence electrons. The molecule has 1 heterocycles. The van der Waals surface area contributed by atoms with Crippen LogP contribution in [0.25, 0.3) is 10.9 Å². The fraction of sp³-hybridized carbons (Fsp3) is 0.357. The molecule has 0 aliphatic heterocycles. The first kappa shape index (κ1) is 12.6. The molecule has 0 atom stereocenters. The molecule has 2 aromatic rings. The summed E-state index contributed by atoms with van der Waals surface area (Å²) in [5, 5.41) is 4.41. The predicted molar refractivity (Wildman–Crippen MR) is 76.2 cm³/mol. The monoisotopic (exact) mass is 245 g/mol. The predicted octanol–water partition coefficient (Wildman–Crippen LogP) is 1.51. The van der Waals surface area contributed by atoms with Crippen LogP contribution in [0.5, 0.6) is 0 Å². The molecule has 4 nitrogen and oxygen atoms in total. The second-order valence-corrected chi connectivity index (χ2v) is 4.70. The van der Waals surface area contributed by atoms with Crippen LogP contribution < -0.4 is 10.9 Å². The first-order chi connectivity index (χ1) is 8.59. The fourth-order valence-electron chi connectivity index (χ4n) is 1.97. The van der Waals surface area contributed by atoms with Crippen molar-refractivity contribution in [2.45, 2.75) is 0 Å². The Morgan fingerprint density at radius 3 is 2.72 bits per heavy atom. The van der Waals surface area contributed by atoms with Gasteiger partial charge in [-0.05, 0) is 20.2 Å². The second kappa shape index (κ2) is 5.23. The Kier molecular flexibility index (Phi) is 3.67. The van der Waals surface area contributed by atoms with Gasteiger partial charge in [-0.2, -0.15) is 0 Å². The van der Waals surface area contributed by atoms with Crippen molar-refractivity contribution in [1.29, 1.82) is 0 Å². The number of benzene rings is 1. The molecular weight excluding hydrogens is 226 g/mol. The van der Waals surface area contributed by atoms with Crippen LogP contribution in [0.3, 0.4) is 0 Å². The van der Waals surface area contributed by atoms with Crippen LogP contribution in [0.4, 0.5) is 5.69 Å². The minimum absolute atomic E-state index is 0.0149. The fourth-order valence-corrected chi connectivity index (χ4v) is 1.97. The van der Waals surface area contributed by atoms with Crippen molar-refractivity contribution in [3.05, 3.63) is 40.7 Å². The highest BCUT2D eigenvalue weighted by molar-refractivity contribution is 5.91. The molecule has 0 unspecified atom stereocenters. The van der Waals surface area contributed by atoms with Gasteiger partial charge in [0, 0.05) is 37.3 Å². The van der Waals surface area contributed by atoms with Gasteiger partial charge in [-0.3, -0.25) is 4.79 Å². The third-order valence-electron chi connectivity index (χ3n) is 3.03. The smallest absolute Gasteiger partial charge is 0.252 e. The van der Waals surface area contributed by atoms with Gasteiger partial charge in [0.1, 0.15) is 0 Å². The van der Waals surface area contributed by atoms with Crippen LogP contribution in [0.15, 0.2) is 35.1 Å². The van der Waals surface area contributed by atoms with Gasteiger partial charge in [-0.25, -0.2) is 0 Å². The van der Waals surface area contributed by atoms with Gasteiger partial charge >= 0.3 is 0 Å². The molecular formula is C14H19N3O. The van der Waals surface area contributed by atoms with Crippen molar-refractivity contribution >= 4 is 16.6 Å². The zero-order valence-electron chi connectivity index (χ0n) is 11.1. The summed E-state index contributed by atoms with van der Waals surface area (Å²) in [7, 11) is 5.86. The molecule has 0 radical (unpaired) electrons. The third-order valence-corrected chi connectivity index (χ3v) is 3.03. The molecule has 0 fully saturated rings. The summed E-state index contributed by atoms with van der Waals surface area (Å²) in [4.78, 5) is 14.0. The van der Waals surface area contributed by atoms with Crippen LogP contribution in [0.2, 0.25) is 0 Å². The van der Waals surface area contributed by atoms with Crippen molar-refractivity contribution < 1.29 is 0 Å². The maximum atomic E-state index is 11.9. The topological polar surface area (TPSA) is 37.3 Å². The van der Waals surface area contributed by atoms with E-state index in [0.29, 0.717) is 0 Å². The van der Waals surface area contributed by atoms with Gasteiger partial charge in [-0.15, -0.1) is 0 Å². The highest BCUT2D eigenvalue weighted by Crippen LogP contribution is 2.20. The van der Waals surface area contributed by atoms with Crippen molar-refractivity contribution in [3.8, 4) is 0 Å². The number of aromatic nitrogens is 1. The highest BCUT2D eigenvalue weighted by Gasteiger charge is 2.05. The van der Waals surface area contributed by atoms with Gasteiger partial charge < -0.3 is 14.8 Å². The van der Waals surface area contributed by atoms with Crippen molar-refractivity contribution in [2.75, 3.05) is 32.5 Å². The van der Waals surface area contributed by atoms with E-state index >= 15 is 0 Å². The number of para-hydroxylation sites is 1. The van der Waals surface area contributed by atoms with E-state index in [-0.39, 0.29) is 5.56 Å². The first-order valence-electron chi connectivity index (χ1n) is 6.07. The van der Waals surface area contributed by atoms with Gasteiger partial charge in [0.15, 0.2) is 0 Å². The Labute approximate surface area is 107 Å². The molecule has 1 N–H and O–H groups in total. The molecule has 18 heavy (non-hydrogen) atoms. The zero-order chi connectivity index (χ0) is 13.1. The standard InChI is InChI=1S/C14H19N3O/c1-16(2)9-8-15-12-10-14(18)17(3)13-7-5-4-6-11(12)13/h4-7,10,15H,8-9H2,1-3H3. The Balaban J connectivity index is 2.38. The molecule has 0 bridgehead atoms. The molecule has 0 aliphatic rings. The maximum absolute atomic E-state index is 11.9. The summed E-state index contributed by atoms with van der Waals surface area (Å²) in [6, 6.07) is 9.61. The van der Waals surface area contributed by atoms with Crippen molar-refractivity contribution in [3.63, 3.8) is 0 Å². The number of likely N-dealkylation sites (N-methyl/N-ethyl adjacent to an activating group) is 1. The average Bonchev–Trinajstić information content (AvgIpc) is 2.35. The average molecular weight is 245 g/mol. The lowest BCUT2D eigenvalue weighted by atomic mass is 10.2. The summed E-state index contributed by atoms with van der Waals surface area (Å²) >= 11 is 0. The Morgan fingerprint density at radius 1 is 1.28 bits per heavy atom. The van der Waals surface area contributed by atoms with E-state index in [2.05, 4.69) is 10.2 Å². The zero-order valence-corrected chi connectivity index (χ0v) is 11.1. The SMILES string of the molecule is CN(C)CCNc1cc(=O)n(C)c2ccccc12. The molecule has 0 spiro atoms. The van der Waals surface area contributed by atoms with Crippen LogP contribution in [0, 0.1) is 0 Å². The number of aryl methyl sites for hydroxylation is 1. The quantitative estimate of drug-likeness (QED) is 0.887. The Bertz CT molecular complexity index is 602. The normalized spacial score (nSPS) is 11.1. The van der Waals surface area contributed by atoms with E-state index < -0.39 is 0 Å². The Hall–Kier alpha value is -1.81. The number of hydrogen-bond donors (Lipinski definition) is 1. The van der Waals surface area contributed by atoms with Crippen LogP contribution in [-0.2, 0) is 7.05 Å². The molecule has 0 saturated heterocycles. The van der Waals surface area contributed by atoms with Gasteiger partial charge in [0.2, 0.25) is 0 Å². The largest absolute Gasteiger partial charge is 0.383 e. The number of hydrogen-bond acceptors (Lipinski definition) is 3. The lowest BCUT2D eigenvalue weighted by Crippen LogP contribution is -2.22. The van der Waals surface area contributed by atoms with Gasteiger partial charge in [0.25, 0.3) is 5.56 Å². The summed E-state index contributed by atoms with van der Waals surface area (Å²) in [6.45, 7) is 1.76. The van der Waals surface area contributed by atoms with Crippen molar-refractivity contribution in [1.82, 2.24) is 9.47 Å². The second-order valence-electron chi connectivity index (χ2n) is 4.70. The summed E-state index contributed by atoms with van der Waals surface area (Å²) in [5.41, 5.74) is 1.88. The van der Waals surface area contributed by atoms with E-state index in [4.69, 9.17) is 0 Å². The summed E-state index contributed by atoms with van der Waals surface area (Å²) < 4.78 is 1.67. The number of nitrogens with one attached hydrogen (secondary N) is 1. The maximum Gasteiger partial charge on any atom is 0.252 e. The van der Waals surface area contributed by atoms with E-state index in [1.807, 2.05) is 38.4 Å². The van der Waals surface area contributed by atoms with Crippen LogP contribution in [-0.4, -0.2) is 36.7 Å². The third kappa shape index (κ3) is 2.54. The molecule has 0 saturated carbocycles. The van der Waals surface area contributed by atoms with E-state index in [9.17, 15) is 4.79 Å². The highest BCUT2D eigenvalue weighted by atomic mass is 16.1. The molecule has 2 rings (SSSR count). The van der Waals surface area contributed by atoms with E-state index in [1.54, 1.807) is 17.7 Å². The number of rotatable bonds is 4.